The molecule has 120 valence electrons. The summed E-state index contributed by atoms with van der Waals surface area (Å²) in [4.78, 5) is 13.6. The van der Waals surface area contributed by atoms with Gasteiger partial charge in [0.2, 0.25) is 0 Å². The Morgan fingerprint density at radius 1 is 1.35 bits per heavy atom. The summed E-state index contributed by atoms with van der Waals surface area (Å²) in [5.41, 5.74) is 2.65. The molecule has 2 aromatic rings. The summed E-state index contributed by atoms with van der Waals surface area (Å²) in [5, 5.41) is 6.62. The van der Waals surface area contributed by atoms with E-state index >= 15 is 0 Å². The second-order valence-corrected chi connectivity index (χ2v) is 5.99. The zero-order chi connectivity index (χ0) is 16.2. The lowest BCUT2D eigenvalue weighted by molar-refractivity contribution is -0.909. The van der Waals surface area contributed by atoms with E-state index in [-0.39, 0.29) is 11.9 Å². The van der Waals surface area contributed by atoms with Crippen LogP contribution in [-0.4, -0.2) is 30.2 Å². The van der Waals surface area contributed by atoms with E-state index in [0.717, 1.165) is 19.5 Å². The lowest BCUT2D eigenvalue weighted by Gasteiger charge is -2.28. The van der Waals surface area contributed by atoms with E-state index in [4.69, 9.17) is 4.52 Å². The van der Waals surface area contributed by atoms with Gasteiger partial charge in [-0.3, -0.25) is 4.79 Å². The maximum atomic E-state index is 12.3. The van der Waals surface area contributed by atoms with Gasteiger partial charge in [0.25, 0.3) is 5.91 Å². The fourth-order valence-electron chi connectivity index (χ4n) is 2.91. The smallest absolute Gasteiger partial charge is 0.283 e. The highest BCUT2D eigenvalue weighted by molar-refractivity contribution is 5.92. The first kappa shape index (κ1) is 15.5. The minimum atomic E-state index is -0.124. The molecule has 1 amide bonds. The molecular weight excluding hydrogens is 290 g/mol. The van der Waals surface area contributed by atoms with Crippen LogP contribution < -0.4 is 10.2 Å². The van der Waals surface area contributed by atoms with Gasteiger partial charge in [-0.1, -0.05) is 35.5 Å². The summed E-state index contributed by atoms with van der Waals surface area (Å²) in [6, 6.07) is 12.0. The van der Waals surface area contributed by atoms with E-state index < -0.39 is 0 Å². The van der Waals surface area contributed by atoms with Crippen LogP contribution in [0.1, 0.15) is 24.7 Å². The average Bonchev–Trinajstić information content (AvgIpc) is 3.00. The molecule has 2 heterocycles. The molecule has 3 rings (SSSR count). The number of hydrogen-bond donors (Lipinski definition) is 2. The fourth-order valence-corrected chi connectivity index (χ4v) is 2.91. The topological polar surface area (TPSA) is 59.6 Å². The van der Waals surface area contributed by atoms with Crippen LogP contribution in [0.2, 0.25) is 0 Å². The van der Waals surface area contributed by atoms with Crippen LogP contribution in [-0.2, 0) is 4.79 Å². The molecule has 5 nitrogen and oxygen atoms in total. The Labute approximate surface area is 136 Å². The third kappa shape index (κ3) is 3.68. The fraction of sp³-hybridized carbons (Fsp3) is 0.333. The van der Waals surface area contributed by atoms with E-state index in [0.29, 0.717) is 11.6 Å². The molecule has 5 heteroatoms. The number of carbonyl (C=O) groups is 1. The van der Waals surface area contributed by atoms with Crippen LogP contribution in [0.25, 0.3) is 5.57 Å². The van der Waals surface area contributed by atoms with E-state index in [1.807, 2.05) is 13.0 Å². The Hall–Kier alpha value is -2.40. The molecule has 1 aromatic carbocycles. The van der Waals surface area contributed by atoms with E-state index in [9.17, 15) is 4.79 Å². The number of nitrogens with zero attached hydrogens (tertiary/aromatic N) is 1. The molecule has 0 spiro atoms. The highest BCUT2D eigenvalue weighted by Crippen LogP contribution is 2.18. The monoisotopic (exact) mass is 312 g/mol. The molecule has 1 aliphatic heterocycles. The zero-order valence-corrected chi connectivity index (χ0v) is 13.5. The van der Waals surface area contributed by atoms with Crippen molar-refractivity contribution in [2.75, 3.05) is 18.4 Å². The summed E-state index contributed by atoms with van der Waals surface area (Å²) in [6.07, 6.45) is 3.23. The van der Waals surface area contributed by atoms with Crippen LogP contribution in [0.5, 0.6) is 0 Å². The Balaban J connectivity index is 1.60. The van der Waals surface area contributed by atoms with E-state index in [1.165, 1.54) is 16.0 Å². The molecule has 0 saturated heterocycles. The van der Waals surface area contributed by atoms with Crippen molar-refractivity contribution in [2.45, 2.75) is 26.3 Å². The molecule has 2 N–H and O–H groups in total. The highest BCUT2D eigenvalue weighted by atomic mass is 16.5. The summed E-state index contributed by atoms with van der Waals surface area (Å²) < 4.78 is 4.97. The first-order valence-electron chi connectivity index (χ1n) is 7.96. The van der Waals surface area contributed by atoms with E-state index in [2.05, 4.69) is 40.8 Å². The number of rotatable bonds is 4. The number of amides is 1. The predicted octanol–water partition coefficient (Wildman–Crippen LogP) is 1.68. The van der Waals surface area contributed by atoms with Gasteiger partial charge in [-0.05, 0) is 31.1 Å². The Bertz CT molecular complexity index is 706. The number of quaternary nitrogens is 1. The quantitative estimate of drug-likeness (QED) is 0.903. The van der Waals surface area contributed by atoms with Crippen molar-refractivity contribution < 1.29 is 14.2 Å². The summed E-state index contributed by atoms with van der Waals surface area (Å²) in [6.45, 7) is 5.57. The molecule has 1 aliphatic rings. The summed E-state index contributed by atoms with van der Waals surface area (Å²) in [5.74, 6) is 1.15. The van der Waals surface area contributed by atoms with Crippen molar-refractivity contribution in [3.8, 4) is 0 Å². The SMILES string of the molecule is Cc1cc(NC(=O)[C@@H](C)[NH+]2CC=C(c3ccccc3)CC2)no1. The first-order chi connectivity index (χ1) is 11.1. The molecular formula is C18H22N3O2+. The van der Waals surface area contributed by atoms with Crippen molar-refractivity contribution >= 4 is 17.3 Å². The maximum Gasteiger partial charge on any atom is 0.283 e. The van der Waals surface area contributed by atoms with Crippen LogP contribution in [0.4, 0.5) is 5.82 Å². The minimum Gasteiger partial charge on any atom is -0.360 e. The molecule has 1 unspecified atom stereocenters. The normalized spacial score (nSPS) is 19.0. The van der Waals surface area contributed by atoms with Gasteiger partial charge in [0.1, 0.15) is 5.76 Å². The number of anilines is 1. The second-order valence-electron chi connectivity index (χ2n) is 5.99. The van der Waals surface area contributed by atoms with Crippen molar-refractivity contribution in [1.82, 2.24) is 5.16 Å². The number of benzene rings is 1. The standard InChI is InChI=1S/C18H21N3O2/c1-13-12-17(20-23-13)19-18(22)14(2)21-10-8-16(9-11-21)15-6-4-3-5-7-15/h3-8,12,14H,9-11H2,1-2H3,(H,19,20,22)/p+1/t14-/m1/s1. The van der Waals surface area contributed by atoms with Crippen LogP contribution >= 0.6 is 0 Å². The van der Waals surface area contributed by atoms with Crippen LogP contribution in [0.3, 0.4) is 0 Å². The maximum absolute atomic E-state index is 12.3. The number of aryl methyl sites for hydroxylation is 1. The molecule has 0 fully saturated rings. The summed E-state index contributed by atoms with van der Waals surface area (Å²) in [7, 11) is 0. The van der Waals surface area contributed by atoms with Gasteiger partial charge < -0.3 is 14.7 Å². The average molecular weight is 312 g/mol. The Kier molecular flexibility index (Phi) is 4.57. The second kappa shape index (κ2) is 6.79. The molecule has 0 saturated carbocycles. The lowest BCUT2D eigenvalue weighted by Crippen LogP contribution is -3.17. The molecule has 2 atom stereocenters. The Morgan fingerprint density at radius 3 is 2.74 bits per heavy atom. The summed E-state index contributed by atoms with van der Waals surface area (Å²) >= 11 is 0. The third-order valence-corrected chi connectivity index (χ3v) is 4.36. The van der Waals surface area contributed by atoms with Crippen molar-refractivity contribution in [2.24, 2.45) is 0 Å². The number of aromatic nitrogens is 1. The molecule has 0 aliphatic carbocycles. The minimum absolute atomic E-state index is 0.0233. The Morgan fingerprint density at radius 2 is 2.13 bits per heavy atom. The number of nitrogens with one attached hydrogen (secondary N) is 2. The van der Waals surface area contributed by atoms with Gasteiger partial charge in [-0.15, -0.1) is 0 Å². The van der Waals surface area contributed by atoms with Gasteiger partial charge in [0, 0.05) is 12.5 Å². The first-order valence-corrected chi connectivity index (χ1v) is 7.96. The van der Waals surface area contributed by atoms with E-state index in [1.54, 1.807) is 13.0 Å². The van der Waals surface area contributed by atoms with Crippen LogP contribution in [0, 0.1) is 6.92 Å². The predicted molar refractivity (Wildman–Crippen MR) is 89.1 cm³/mol. The lowest BCUT2D eigenvalue weighted by atomic mass is 9.99. The van der Waals surface area contributed by atoms with Crippen molar-refractivity contribution in [1.29, 1.82) is 0 Å². The zero-order valence-electron chi connectivity index (χ0n) is 13.5. The van der Waals surface area contributed by atoms with Gasteiger partial charge in [-0.2, -0.15) is 0 Å². The van der Waals surface area contributed by atoms with Gasteiger partial charge in [0.05, 0.1) is 13.1 Å². The van der Waals surface area contributed by atoms with Crippen molar-refractivity contribution in [3.63, 3.8) is 0 Å². The van der Waals surface area contributed by atoms with Gasteiger partial charge >= 0.3 is 0 Å². The molecule has 0 radical (unpaired) electrons. The number of carbonyl (C=O) groups excluding carboxylic acids is 1. The van der Waals surface area contributed by atoms with Crippen molar-refractivity contribution in [3.05, 3.63) is 53.8 Å². The number of hydrogen-bond acceptors (Lipinski definition) is 3. The highest BCUT2D eigenvalue weighted by Gasteiger charge is 2.27. The third-order valence-electron chi connectivity index (χ3n) is 4.36. The molecule has 23 heavy (non-hydrogen) atoms. The van der Waals surface area contributed by atoms with Gasteiger partial charge in [0.15, 0.2) is 11.9 Å². The molecule has 0 bridgehead atoms. The van der Waals surface area contributed by atoms with Gasteiger partial charge in [-0.25, -0.2) is 0 Å². The molecule has 1 aromatic heterocycles. The van der Waals surface area contributed by atoms with Crippen LogP contribution in [0.15, 0.2) is 47.0 Å². The largest absolute Gasteiger partial charge is 0.360 e.